The molecule has 1 saturated carbocycles. The lowest BCUT2D eigenvalue weighted by Gasteiger charge is -2.56. The van der Waals surface area contributed by atoms with Gasteiger partial charge in [0.15, 0.2) is 0 Å². The van der Waals surface area contributed by atoms with E-state index in [0.29, 0.717) is 17.4 Å². The number of rotatable bonds is 5. The van der Waals surface area contributed by atoms with E-state index < -0.39 is 0 Å². The first-order valence-corrected chi connectivity index (χ1v) is 6.91. The van der Waals surface area contributed by atoms with Crippen LogP contribution in [0.5, 0.6) is 0 Å². The van der Waals surface area contributed by atoms with E-state index >= 15 is 0 Å². The van der Waals surface area contributed by atoms with Crippen LogP contribution in [0.3, 0.4) is 0 Å². The van der Waals surface area contributed by atoms with Gasteiger partial charge in [0.1, 0.15) is 0 Å². The van der Waals surface area contributed by atoms with Gasteiger partial charge in [-0.25, -0.2) is 0 Å². The van der Waals surface area contributed by atoms with Crippen molar-refractivity contribution in [3.05, 3.63) is 30.1 Å². The van der Waals surface area contributed by atoms with E-state index in [-0.39, 0.29) is 0 Å². The predicted molar refractivity (Wildman–Crippen MR) is 72.1 cm³/mol. The second-order valence-corrected chi connectivity index (χ2v) is 5.12. The maximum Gasteiger partial charge on any atom is 0.0270 e. The molecule has 0 bridgehead atoms. The highest BCUT2D eigenvalue weighted by atomic mass is 15.0. The highest BCUT2D eigenvalue weighted by Crippen LogP contribution is 2.57. The molecule has 2 heteroatoms. The van der Waals surface area contributed by atoms with Crippen LogP contribution in [-0.2, 0) is 0 Å². The molecule has 94 valence electrons. The summed E-state index contributed by atoms with van der Waals surface area (Å²) >= 11 is 0. The number of hydrogen-bond acceptors (Lipinski definition) is 2. The number of aromatic nitrogens is 1. The second-order valence-electron chi connectivity index (χ2n) is 5.12. The molecule has 0 aliphatic heterocycles. The molecule has 1 aromatic rings. The van der Waals surface area contributed by atoms with Crippen molar-refractivity contribution in [3.63, 3.8) is 0 Å². The summed E-state index contributed by atoms with van der Waals surface area (Å²) in [6.07, 6.45) is 7.64. The van der Waals surface area contributed by atoms with Crippen LogP contribution in [0.2, 0.25) is 0 Å². The molecule has 0 spiro atoms. The average Bonchev–Trinajstić information content (AvgIpc) is 2.37. The van der Waals surface area contributed by atoms with Crippen LogP contribution in [0, 0.1) is 5.41 Å². The number of pyridine rings is 1. The van der Waals surface area contributed by atoms with E-state index in [1.807, 2.05) is 12.4 Å². The Labute approximate surface area is 105 Å². The van der Waals surface area contributed by atoms with Gasteiger partial charge in [0.05, 0.1) is 0 Å². The normalized spacial score (nSPS) is 26.5. The monoisotopic (exact) mass is 232 g/mol. The van der Waals surface area contributed by atoms with Crippen LogP contribution in [-0.4, -0.2) is 17.6 Å². The van der Waals surface area contributed by atoms with Crippen LogP contribution in [0.25, 0.3) is 0 Å². The Morgan fingerprint density at radius 3 is 2.41 bits per heavy atom. The van der Waals surface area contributed by atoms with E-state index in [2.05, 4.69) is 43.2 Å². The van der Waals surface area contributed by atoms with Crippen molar-refractivity contribution in [3.8, 4) is 0 Å². The summed E-state index contributed by atoms with van der Waals surface area (Å²) < 4.78 is 0. The minimum Gasteiger partial charge on any atom is -0.314 e. The summed E-state index contributed by atoms with van der Waals surface area (Å²) in [5.74, 6) is 0.713. The highest BCUT2D eigenvalue weighted by Gasteiger charge is 2.52. The minimum atomic E-state index is 0.456. The summed E-state index contributed by atoms with van der Waals surface area (Å²) in [7, 11) is 0. The third kappa shape index (κ3) is 1.99. The first-order chi connectivity index (χ1) is 8.28. The zero-order chi connectivity index (χ0) is 12.3. The van der Waals surface area contributed by atoms with Crippen molar-refractivity contribution in [2.24, 2.45) is 5.41 Å². The zero-order valence-electron chi connectivity index (χ0n) is 11.2. The molecular weight excluding hydrogens is 208 g/mol. The lowest BCUT2D eigenvalue weighted by atomic mass is 9.52. The van der Waals surface area contributed by atoms with Crippen LogP contribution >= 0.6 is 0 Å². The predicted octanol–water partition coefficient (Wildman–Crippen LogP) is 3.35. The highest BCUT2D eigenvalue weighted by molar-refractivity contribution is 5.26. The fourth-order valence-electron chi connectivity index (χ4n) is 3.62. The molecule has 0 saturated heterocycles. The Hall–Kier alpha value is -0.890. The number of nitrogens with one attached hydrogen (secondary N) is 1. The fourth-order valence-corrected chi connectivity index (χ4v) is 3.62. The largest absolute Gasteiger partial charge is 0.314 e. The first kappa shape index (κ1) is 12.6. The van der Waals surface area contributed by atoms with Gasteiger partial charge in [-0.3, -0.25) is 4.98 Å². The second kappa shape index (κ2) is 5.18. The van der Waals surface area contributed by atoms with Gasteiger partial charge in [0.2, 0.25) is 0 Å². The van der Waals surface area contributed by atoms with Gasteiger partial charge < -0.3 is 5.32 Å². The lowest BCUT2D eigenvalue weighted by molar-refractivity contribution is 0.0210. The van der Waals surface area contributed by atoms with Gasteiger partial charge >= 0.3 is 0 Å². The Bertz CT molecular complexity index is 343. The molecular formula is C15H24N2. The van der Waals surface area contributed by atoms with E-state index in [0.717, 1.165) is 6.54 Å². The molecule has 1 aliphatic rings. The Balaban J connectivity index is 2.20. The zero-order valence-corrected chi connectivity index (χ0v) is 11.2. The molecule has 0 radical (unpaired) electrons. The molecule has 1 aromatic heterocycles. The van der Waals surface area contributed by atoms with Gasteiger partial charge in [-0.15, -0.1) is 0 Å². The number of hydrogen-bond donors (Lipinski definition) is 1. The van der Waals surface area contributed by atoms with Crippen LogP contribution in [0.15, 0.2) is 24.5 Å². The van der Waals surface area contributed by atoms with Crippen LogP contribution in [0.4, 0.5) is 0 Å². The Morgan fingerprint density at radius 2 is 1.88 bits per heavy atom. The van der Waals surface area contributed by atoms with Gasteiger partial charge in [0.25, 0.3) is 0 Å². The molecule has 2 rings (SSSR count). The fraction of sp³-hybridized carbons (Fsp3) is 0.667. The molecule has 0 amide bonds. The third-order valence-corrected chi connectivity index (χ3v) is 4.73. The molecule has 1 aliphatic carbocycles. The van der Waals surface area contributed by atoms with Crippen molar-refractivity contribution in [2.75, 3.05) is 6.54 Å². The molecule has 1 N–H and O–H groups in total. The summed E-state index contributed by atoms with van der Waals surface area (Å²) in [5, 5.41) is 3.66. The van der Waals surface area contributed by atoms with Crippen molar-refractivity contribution in [1.29, 1.82) is 0 Å². The van der Waals surface area contributed by atoms with E-state index in [1.54, 1.807) is 0 Å². The smallest absolute Gasteiger partial charge is 0.0270 e. The average molecular weight is 232 g/mol. The maximum absolute atomic E-state index is 4.13. The number of nitrogens with zero attached hydrogens (tertiary/aromatic N) is 1. The van der Waals surface area contributed by atoms with Gasteiger partial charge in [-0.05, 0) is 54.8 Å². The molecule has 2 atom stereocenters. The summed E-state index contributed by atoms with van der Waals surface area (Å²) in [4.78, 5) is 4.13. The maximum atomic E-state index is 4.13. The molecule has 2 unspecified atom stereocenters. The van der Waals surface area contributed by atoms with Gasteiger partial charge in [-0.2, -0.15) is 0 Å². The molecule has 1 fully saturated rings. The van der Waals surface area contributed by atoms with Gasteiger partial charge in [0, 0.05) is 18.4 Å². The molecule has 17 heavy (non-hydrogen) atoms. The quantitative estimate of drug-likeness (QED) is 0.842. The Kier molecular flexibility index (Phi) is 3.82. The minimum absolute atomic E-state index is 0.456. The summed E-state index contributed by atoms with van der Waals surface area (Å²) in [6.45, 7) is 7.95. The SMILES string of the molecule is CCNC1CC(c2ccncc2)C1(CC)CC. The molecule has 0 aromatic carbocycles. The first-order valence-electron chi connectivity index (χ1n) is 6.91. The third-order valence-electron chi connectivity index (χ3n) is 4.73. The van der Waals surface area contributed by atoms with E-state index in [9.17, 15) is 0 Å². The van der Waals surface area contributed by atoms with Crippen molar-refractivity contribution >= 4 is 0 Å². The lowest BCUT2D eigenvalue weighted by Crippen LogP contribution is -2.58. The summed E-state index contributed by atoms with van der Waals surface area (Å²) in [6, 6.07) is 5.07. The van der Waals surface area contributed by atoms with Gasteiger partial charge in [-0.1, -0.05) is 20.8 Å². The van der Waals surface area contributed by atoms with Crippen molar-refractivity contribution in [1.82, 2.24) is 10.3 Å². The summed E-state index contributed by atoms with van der Waals surface area (Å²) in [5.41, 5.74) is 1.93. The van der Waals surface area contributed by atoms with E-state index in [1.165, 1.54) is 24.8 Å². The van der Waals surface area contributed by atoms with Crippen LogP contribution in [0.1, 0.15) is 51.5 Å². The van der Waals surface area contributed by atoms with E-state index in [4.69, 9.17) is 0 Å². The molecule has 1 heterocycles. The Morgan fingerprint density at radius 1 is 1.24 bits per heavy atom. The standard InChI is InChI=1S/C15H24N2/c1-4-15(5-2)13(11-14(15)17-6-3)12-7-9-16-10-8-12/h7-10,13-14,17H,4-6,11H2,1-3H3. The van der Waals surface area contributed by atoms with Crippen LogP contribution < -0.4 is 5.32 Å². The topological polar surface area (TPSA) is 24.9 Å². The van der Waals surface area contributed by atoms with Crippen molar-refractivity contribution < 1.29 is 0 Å². The molecule has 2 nitrogen and oxygen atoms in total. The van der Waals surface area contributed by atoms with Crippen molar-refractivity contribution in [2.45, 2.75) is 52.0 Å².